The minimum atomic E-state index is -3.49. The number of carbonyl (C=O) groups is 1. The SMILES string of the molecule is CN1Cc2ccc(CS(=O)(=O)c3ccc(NC(=O)N[C@@H]4CCCc5ccccc54)cc3)cc2C1. The van der Waals surface area contributed by atoms with Gasteiger partial charge in [-0.2, -0.15) is 0 Å². The average molecular weight is 476 g/mol. The van der Waals surface area contributed by atoms with Crippen LogP contribution in [0.3, 0.4) is 0 Å². The van der Waals surface area contributed by atoms with Crippen LogP contribution in [0.15, 0.2) is 71.6 Å². The summed E-state index contributed by atoms with van der Waals surface area (Å²) in [7, 11) is -1.43. The Bertz CT molecular complexity index is 1320. The van der Waals surface area contributed by atoms with Gasteiger partial charge in [0.2, 0.25) is 0 Å². The van der Waals surface area contributed by atoms with Gasteiger partial charge in [0.15, 0.2) is 9.84 Å². The summed E-state index contributed by atoms with van der Waals surface area (Å²) >= 11 is 0. The zero-order valence-electron chi connectivity index (χ0n) is 19.3. The van der Waals surface area contributed by atoms with Crippen LogP contribution in [0.1, 0.15) is 46.7 Å². The first-order valence-corrected chi connectivity index (χ1v) is 13.3. The van der Waals surface area contributed by atoms with E-state index in [1.807, 2.05) is 30.3 Å². The van der Waals surface area contributed by atoms with Gasteiger partial charge >= 0.3 is 6.03 Å². The van der Waals surface area contributed by atoms with E-state index in [-0.39, 0.29) is 22.7 Å². The van der Waals surface area contributed by atoms with Crippen LogP contribution in [0.25, 0.3) is 0 Å². The molecule has 34 heavy (non-hydrogen) atoms. The molecule has 5 rings (SSSR count). The van der Waals surface area contributed by atoms with Crippen molar-refractivity contribution in [1.82, 2.24) is 10.2 Å². The van der Waals surface area contributed by atoms with E-state index in [4.69, 9.17) is 0 Å². The van der Waals surface area contributed by atoms with Crippen LogP contribution in [-0.4, -0.2) is 26.4 Å². The predicted octanol–water partition coefficient (Wildman–Crippen LogP) is 4.81. The van der Waals surface area contributed by atoms with Crippen molar-refractivity contribution in [3.8, 4) is 0 Å². The fourth-order valence-electron chi connectivity index (χ4n) is 4.99. The van der Waals surface area contributed by atoms with Crippen LogP contribution in [-0.2, 0) is 35.1 Å². The number of fused-ring (bicyclic) bond motifs is 2. The molecule has 1 atom stereocenters. The molecule has 1 aliphatic carbocycles. The third kappa shape index (κ3) is 4.86. The second-order valence-corrected chi connectivity index (χ2v) is 11.3. The Morgan fingerprint density at radius 1 is 0.971 bits per heavy atom. The zero-order chi connectivity index (χ0) is 23.7. The van der Waals surface area contributed by atoms with Crippen molar-refractivity contribution >= 4 is 21.6 Å². The van der Waals surface area contributed by atoms with Crippen molar-refractivity contribution in [2.75, 3.05) is 12.4 Å². The maximum absolute atomic E-state index is 13.0. The van der Waals surface area contributed by atoms with E-state index >= 15 is 0 Å². The van der Waals surface area contributed by atoms with Crippen LogP contribution in [0, 0.1) is 0 Å². The molecule has 1 aliphatic heterocycles. The lowest BCUT2D eigenvalue weighted by molar-refractivity contribution is 0.247. The number of sulfone groups is 1. The summed E-state index contributed by atoms with van der Waals surface area (Å²) in [6.07, 6.45) is 2.98. The van der Waals surface area contributed by atoms with Crippen LogP contribution in [0.5, 0.6) is 0 Å². The van der Waals surface area contributed by atoms with E-state index in [0.717, 1.165) is 37.9 Å². The highest BCUT2D eigenvalue weighted by Crippen LogP contribution is 2.29. The smallest absolute Gasteiger partial charge is 0.319 e. The van der Waals surface area contributed by atoms with Gasteiger partial charge in [0.25, 0.3) is 0 Å². The molecule has 0 fully saturated rings. The van der Waals surface area contributed by atoms with Crippen LogP contribution >= 0.6 is 0 Å². The molecule has 0 spiro atoms. The number of hydrogen-bond donors (Lipinski definition) is 2. The molecule has 7 heteroatoms. The molecule has 2 amide bonds. The lowest BCUT2D eigenvalue weighted by atomic mass is 9.88. The van der Waals surface area contributed by atoms with E-state index in [1.54, 1.807) is 24.3 Å². The molecule has 0 radical (unpaired) electrons. The van der Waals surface area contributed by atoms with Crippen molar-refractivity contribution in [3.05, 3.63) is 94.5 Å². The minimum absolute atomic E-state index is 0.0169. The van der Waals surface area contributed by atoms with Gasteiger partial charge in [-0.25, -0.2) is 13.2 Å². The molecular weight excluding hydrogens is 446 g/mol. The fraction of sp³-hybridized carbons (Fsp3) is 0.296. The number of carbonyl (C=O) groups excluding carboxylic acids is 1. The standard InChI is InChI=1S/C27H29N3O3S/c1-30-16-21-10-9-19(15-22(21)17-30)18-34(32,33)24-13-11-23(12-14-24)28-27(31)29-26-8-4-6-20-5-2-3-7-25(20)26/h2-3,5,7,9-15,26H,4,6,8,16-18H2,1H3,(H2,28,29,31)/t26-/m1/s1. The van der Waals surface area contributed by atoms with E-state index in [0.29, 0.717) is 5.69 Å². The van der Waals surface area contributed by atoms with Crippen molar-refractivity contribution in [1.29, 1.82) is 0 Å². The third-order valence-electron chi connectivity index (χ3n) is 6.65. The first-order chi connectivity index (χ1) is 16.4. The second-order valence-electron chi connectivity index (χ2n) is 9.30. The number of benzene rings is 3. The lowest BCUT2D eigenvalue weighted by Crippen LogP contribution is -2.34. The van der Waals surface area contributed by atoms with Gasteiger partial charge < -0.3 is 10.6 Å². The van der Waals surface area contributed by atoms with E-state index < -0.39 is 9.84 Å². The highest BCUT2D eigenvalue weighted by atomic mass is 32.2. The van der Waals surface area contributed by atoms with Crippen LogP contribution < -0.4 is 10.6 Å². The number of nitrogens with zero attached hydrogens (tertiary/aromatic N) is 1. The van der Waals surface area contributed by atoms with Gasteiger partial charge in [0, 0.05) is 18.8 Å². The summed E-state index contributed by atoms with van der Waals surface area (Å²) in [4.78, 5) is 15.0. The molecule has 0 bridgehead atoms. The normalized spacial score (nSPS) is 17.6. The Balaban J connectivity index is 1.22. The van der Waals surface area contributed by atoms with Gasteiger partial charge in [0.1, 0.15) is 0 Å². The number of anilines is 1. The van der Waals surface area contributed by atoms with Crippen LogP contribution in [0.2, 0.25) is 0 Å². The Morgan fingerprint density at radius 3 is 2.56 bits per heavy atom. The molecule has 0 unspecified atom stereocenters. The molecule has 0 saturated heterocycles. The number of nitrogens with one attached hydrogen (secondary N) is 2. The first-order valence-electron chi connectivity index (χ1n) is 11.6. The minimum Gasteiger partial charge on any atom is -0.331 e. The van der Waals surface area contributed by atoms with Gasteiger partial charge in [-0.15, -0.1) is 0 Å². The molecule has 2 N–H and O–H groups in total. The van der Waals surface area contributed by atoms with Gasteiger partial charge in [-0.1, -0.05) is 42.5 Å². The van der Waals surface area contributed by atoms with E-state index in [2.05, 4.69) is 34.7 Å². The maximum Gasteiger partial charge on any atom is 0.319 e. The molecular formula is C27H29N3O3S. The molecule has 1 heterocycles. The van der Waals surface area contributed by atoms with Crippen molar-refractivity contribution in [3.63, 3.8) is 0 Å². The summed E-state index contributed by atoms with van der Waals surface area (Å²) in [5.41, 5.74) is 6.26. The second kappa shape index (κ2) is 9.24. The molecule has 3 aromatic carbocycles. The van der Waals surface area contributed by atoms with Gasteiger partial charge in [-0.05, 0) is 78.4 Å². The van der Waals surface area contributed by atoms with Gasteiger partial charge in [0.05, 0.1) is 16.7 Å². The Labute approximate surface area is 200 Å². The van der Waals surface area contributed by atoms with Crippen LogP contribution in [0.4, 0.5) is 10.5 Å². The van der Waals surface area contributed by atoms with Crippen molar-refractivity contribution < 1.29 is 13.2 Å². The highest BCUT2D eigenvalue weighted by molar-refractivity contribution is 7.90. The summed E-state index contributed by atoms with van der Waals surface area (Å²) in [5.74, 6) is -0.0433. The monoisotopic (exact) mass is 475 g/mol. The Hall–Kier alpha value is -3.16. The molecule has 2 aliphatic rings. The molecule has 0 saturated carbocycles. The molecule has 6 nitrogen and oxygen atoms in total. The fourth-order valence-corrected chi connectivity index (χ4v) is 6.32. The molecule has 3 aromatic rings. The maximum atomic E-state index is 13.0. The predicted molar refractivity (Wildman–Crippen MR) is 133 cm³/mol. The number of hydrogen-bond acceptors (Lipinski definition) is 4. The number of amides is 2. The number of aryl methyl sites for hydroxylation is 1. The largest absolute Gasteiger partial charge is 0.331 e. The molecule has 0 aromatic heterocycles. The first kappa shape index (κ1) is 22.6. The molecule has 176 valence electrons. The van der Waals surface area contributed by atoms with E-state index in [9.17, 15) is 13.2 Å². The zero-order valence-corrected chi connectivity index (χ0v) is 20.1. The van der Waals surface area contributed by atoms with E-state index in [1.165, 1.54) is 22.3 Å². The number of urea groups is 1. The Kier molecular flexibility index (Phi) is 6.15. The quantitative estimate of drug-likeness (QED) is 0.555. The summed E-state index contributed by atoms with van der Waals surface area (Å²) in [6, 6.07) is 20.2. The average Bonchev–Trinajstić information content (AvgIpc) is 3.18. The van der Waals surface area contributed by atoms with Gasteiger partial charge in [-0.3, -0.25) is 4.90 Å². The Morgan fingerprint density at radius 2 is 1.74 bits per heavy atom. The number of rotatable bonds is 5. The third-order valence-corrected chi connectivity index (χ3v) is 8.36. The summed E-state index contributed by atoms with van der Waals surface area (Å²) < 4.78 is 25.9. The van der Waals surface area contributed by atoms with Crippen molar-refractivity contribution in [2.24, 2.45) is 0 Å². The summed E-state index contributed by atoms with van der Waals surface area (Å²) in [5, 5.41) is 5.88. The summed E-state index contributed by atoms with van der Waals surface area (Å²) in [6.45, 7) is 1.75. The topological polar surface area (TPSA) is 78.5 Å². The highest BCUT2D eigenvalue weighted by Gasteiger charge is 2.22. The lowest BCUT2D eigenvalue weighted by Gasteiger charge is -2.26. The van der Waals surface area contributed by atoms with Crippen molar-refractivity contribution in [2.45, 2.75) is 49.0 Å².